The van der Waals surface area contributed by atoms with Gasteiger partial charge in [-0.05, 0) is 13.0 Å². The van der Waals surface area contributed by atoms with Crippen LogP contribution in [-0.2, 0) is 6.54 Å². The van der Waals surface area contributed by atoms with Crippen LogP contribution in [0.3, 0.4) is 0 Å². The lowest BCUT2D eigenvalue weighted by atomic mass is 10.2. The number of aryl methyl sites for hydroxylation is 1. The summed E-state index contributed by atoms with van der Waals surface area (Å²) in [6.07, 6.45) is 0. The Balaban J connectivity index is 1.87. The number of aromatic nitrogens is 4. The van der Waals surface area contributed by atoms with Gasteiger partial charge in [0.1, 0.15) is 17.4 Å². The molecule has 2 aromatic heterocycles. The smallest absolute Gasteiger partial charge is 0.349 e. The zero-order valence-corrected chi connectivity index (χ0v) is 11.8. The van der Waals surface area contributed by atoms with E-state index in [1.807, 2.05) is 24.3 Å². The second kappa shape index (κ2) is 5.28. The number of ether oxygens (including phenoxy) is 1. The number of hydrogen-bond acceptors (Lipinski definition) is 5. The summed E-state index contributed by atoms with van der Waals surface area (Å²) in [5.74, 6) is 2.05. The Morgan fingerprint density at radius 1 is 1.38 bits per heavy atom. The molecule has 0 spiro atoms. The summed E-state index contributed by atoms with van der Waals surface area (Å²) >= 11 is 0. The molecule has 7 nitrogen and oxygen atoms in total. The van der Waals surface area contributed by atoms with E-state index in [0.29, 0.717) is 23.8 Å². The Kier molecular flexibility index (Phi) is 3.31. The van der Waals surface area contributed by atoms with Gasteiger partial charge in [0.25, 0.3) is 0 Å². The first-order valence-electron chi connectivity index (χ1n) is 6.49. The summed E-state index contributed by atoms with van der Waals surface area (Å²) in [7, 11) is 1.64. The second-order valence-electron chi connectivity index (χ2n) is 4.58. The molecule has 0 amide bonds. The van der Waals surface area contributed by atoms with Gasteiger partial charge in [0.15, 0.2) is 5.65 Å². The number of nitrogens with zero attached hydrogens (tertiary/aromatic N) is 3. The summed E-state index contributed by atoms with van der Waals surface area (Å²) in [5.41, 5.74) is 1.28. The highest BCUT2D eigenvalue weighted by atomic mass is 16.5. The van der Waals surface area contributed by atoms with E-state index in [2.05, 4.69) is 20.5 Å². The molecule has 2 N–H and O–H groups in total. The minimum Gasteiger partial charge on any atom is -0.496 e. The summed E-state index contributed by atoms with van der Waals surface area (Å²) in [6, 6.07) is 9.49. The highest BCUT2D eigenvalue weighted by Crippen LogP contribution is 2.18. The molecule has 0 aliphatic rings. The molecule has 0 bridgehead atoms. The number of aromatic amines is 1. The molecule has 0 radical (unpaired) electrons. The fraction of sp³-hybridized carbons (Fsp3) is 0.214. The van der Waals surface area contributed by atoms with Crippen molar-refractivity contribution in [1.29, 1.82) is 0 Å². The first-order valence-corrected chi connectivity index (χ1v) is 6.49. The van der Waals surface area contributed by atoms with Gasteiger partial charge in [-0.15, -0.1) is 0 Å². The number of rotatable bonds is 4. The van der Waals surface area contributed by atoms with Gasteiger partial charge in [0, 0.05) is 18.2 Å². The van der Waals surface area contributed by atoms with Crippen molar-refractivity contribution in [3.8, 4) is 5.75 Å². The maximum absolute atomic E-state index is 11.5. The van der Waals surface area contributed by atoms with E-state index in [9.17, 15) is 4.79 Å². The molecule has 0 unspecified atom stereocenters. The molecule has 0 saturated carbocycles. The van der Waals surface area contributed by atoms with E-state index in [1.54, 1.807) is 20.1 Å². The lowest BCUT2D eigenvalue weighted by Crippen LogP contribution is -2.14. The number of hydrogen-bond donors (Lipinski definition) is 2. The van der Waals surface area contributed by atoms with Gasteiger partial charge in [0.2, 0.25) is 0 Å². The van der Waals surface area contributed by atoms with E-state index in [1.165, 1.54) is 4.40 Å². The Hall–Kier alpha value is -2.83. The third kappa shape index (κ3) is 2.45. The first kappa shape index (κ1) is 13.2. The predicted molar refractivity (Wildman–Crippen MR) is 78.7 cm³/mol. The van der Waals surface area contributed by atoms with Gasteiger partial charge in [-0.1, -0.05) is 18.2 Å². The van der Waals surface area contributed by atoms with E-state index >= 15 is 0 Å². The van der Waals surface area contributed by atoms with Crippen LogP contribution in [0, 0.1) is 6.92 Å². The van der Waals surface area contributed by atoms with Crippen LogP contribution in [0.15, 0.2) is 35.1 Å². The minimum absolute atomic E-state index is 0.286. The largest absolute Gasteiger partial charge is 0.496 e. The Bertz CT molecular complexity index is 837. The fourth-order valence-electron chi connectivity index (χ4n) is 2.22. The predicted octanol–water partition coefficient (Wildman–Crippen LogP) is 1.35. The number of fused-ring (bicyclic) bond motifs is 1. The number of para-hydroxylation sites is 1. The van der Waals surface area contributed by atoms with Crippen LogP contribution in [0.4, 0.5) is 5.82 Å². The third-order valence-corrected chi connectivity index (χ3v) is 3.22. The molecular weight excluding hydrogens is 270 g/mol. The Morgan fingerprint density at radius 2 is 2.19 bits per heavy atom. The van der Waals surface area contributed by atoms with Gasteiger partial charge in [-0.25, -0.2) is 19.3 Å². The second-order valence-corrected chi connectivity index (χ2v) is 4.58. The highest BCUT2D eigenvalue weighted by Gasteiger charge is 2.07. The summed E-state index contributed by atoms with van der Waals surface area (Å²) < 4.78 is 6.73. The molecule has 3 rings (SSSR count). The maximum Gasteiger partial charge on any atom is 0.349 e. The van der Waals surface area contributed by atoms with Crippen molar-refractivity contribution >= 4 is 11.5 Å². The molecule has 7 heteroatoms. The van der Waals surface area contributed by atoms with Gasteiger partial charge < -0.3 is 10.1 Å². The molecule has 21 heavy (non-hydrogen) atoms. The zero-order chi connectivity index (χ0) is 14.8. The lowest BCUT2D eigenvalue weighted by Gasteiger charge is -2.10. The van der Waals surface area contributed by atoms with E-state index in [4.69, 9.17) is 4.74 Å². The number of nitrogens with one attached hydrogen (secondary N) is 2. The molecule has 1 aromatic carbocycles. The summed E-state index contributed by atoms with van der Waals surface area (Å²) in [6.45, 7) is 2.33. The molecular formula is C14H15N5O2. The lowest BCUT2D eigenvalue weighted by molar-refractivity contribution is 0.410. The maximum atomic E-state index is 11.5. The van der Waals surface area contributed by atoms with E-state index in [-0.39, 0.29) is 5.69 Å². The summed E-state index contributed by atoms with van der Waals surface area (Å²) in [5, 5.41) is 9.57. The van der Waals surface area contributed by atoms with Gasteiger partial charge >= 0.3 is 5.69 Å². The molecule has 0 saturated heterocycles. The van der Waals surface area contributed by atoms with Crippen LogP contribution < -0.4 is 15.7 Å². The van der Waals surface area contributed by atoms with Gasteiger partial charge in [-0.3, -0.25) is 0 Å². The fourth-order valence-corrected chi connectivity index (χ4v) is 2.22. The van der Waals surface area contributed by atoms with Crippen molar-refractivity contribution in [3.05, 3.63) is 52.2 Å². The molecule has 0 aliphatic carbocycles. The van der Waals surface area contributed by atoms with Crippen LogP contribution in [0.1, 0.15) is 11.4 Å². The number of benzene rings is 1. The monoisotopic (exact) mass is 285 g/mol. The van der Waals surface area contributed by atoms with Crippen LogP contribution in [0.2, 0.25) is 0 Å². The van der Waals surface area contributed by atoms with E-state index < -0.39 is 0 Å². The van der Waals surface area contributed by atoms with Crippen molar-refractivity contribution in [2.75, 3.05) is 12.4 Å². The number of H-pyrrole nitrogens is 1. The highest BCUT2D eigenvalue weighted by molar-refractivity contribution is 5.50. The van der Waals surface area contributed by atoms with Crippen molar-refractivity contribution in [2.24, 2.45) is 0 Å². The SMILES string of the molecule is COc1ccccc1CNc1cc2n[nH]c(=O)n2c(C)n1. The van der Waals surface area contributed by atoms with Crippen LogP contribution in [-0.4, -0.2) is 26.7 Å². The van der Waals surface area contributed by atoms with Crippen molar-refractivity contribution in [1.82, 2.24) is 19.6 Å². The molecule has 0 aliphatic heterocycles. The zero-order valence-electron chi connectivity index (χ0n) is 11.8. The molecule has 0 atom stereocenters. The van der Waals surface area contributed by atoms with Crippen LogP contribution in [0.25, 0.3) is 5.65 Å². The first-order chi connectivity index (χ1) is 10.2. The molecule has 2 heterocycles. The van der Waals surface area contributed by atoms with Crippen molar-refractivity contribution < 1.29 is 4.74 Å². The number of methoxy groups -OCH3 is 1. The van der Waals surface area contributed by atoms with Crippen molar-refractivity contribution in [2.45, 2.75) is 13.5 Å². The molecule has 0 fully saturated rings. The van der Waals surface area contributed by atoms with Crippen LogP contribution in [0.5, 0.6) is 5.75 Å². The van der Waals surface area contributed by atoms with Crippen LogP contribution >= 0.6 is 0 Å². The average Bonchev–Trinajstić information content (AvgIpc) is 2.87. The summed E-state index contributed by atoms with van der Waals surface area (Å²) in [4.78, 5) is 15.9. The normalized spacial score (nSPS) is 10.8. The quantitative estimate of drug-likeness (QED) is 0.756. The Labute approximate surface area is 120 Å². The molecule has 108 valence electrons. The topological polar surface area (TPSA) is 84.3 Å². The van der Waals surface area contributed by atoms with Crippen molar-refractivity contribution in [3.63, 3.8) is 0 Å². The number of anilines is 1. The average molecular weight is 285 g/mol. The van der Waals surface area contributed by atoms with Gasteiger partial charge in [0.05, 0.1) is 7.11 Å². The van der Waals surface area contributed by atoms with Gasteiger partial charge in [-0.2, -0.15) is 5.10 Å². The Morgan fingerprint density at radius 3 is 3.00 bits per heavy atom. The third-order valence-electron chi connectivity index (χ3n) is 3.22. The minimum atomic E-state index is -0.286. The standard InChI is InChI=1S/C14H15N5O2/c1-9-16-12(7-13-17-18-14(20)19(9)13)15-8-10-5-3-4-6-11(10)21-2/h3-7,15H,8H2,1-2H3,(H,18,20). The molecule has 3 aromatic rings. The van der Waals surface area contributed by atoms with E-state index in [0.717, 1.165) is 11.3 Å².